The second-order valence-electron chi connectivity index (χ2n) is 8.26. The number of nitrogens with zero attached hydrogens (tertiary/aromatic N) is 2. The molecule has 2 saturated heterocycles. The molecule has 154 valence electrons. The van der Waals surface area contributed by atoms with E-state index in [1.807, 2.05) is 18.2 Å². The largest absolute Gasteiger partial charge is 0.467 e. The summed E-state index contributed by atoms with van der Waals surface area (Å²) < 4.78 is 5.31. The van der Waals surface area contributed by atoms with Crippen molar-refractivity contribution in [1.82, 2.24) is 9.80 Å². The van der Waals surface area contributed by atoms with Crippen LogP contribution in [0.2, 0.25) is 0 Å². The van der Waals surface area contributed by atoms with Gasteiger partial charge in [-0.25, -0.2) is 0 Å². The summed E-state index contributed by atoms with van der Waals surface area (Å²) in [6.07, 6.45) is 5.71. The first kappa shape index (κ1) is 19.7. The molecular formula is C23H29N3O3. The molecule has 0 spiro atoms. The lowest BCUT2D eigenvalue weighted by Crippen LogP contribution is -2.36. The SMILES string of the molecule is CC1CCCCN1Cc1ccc(NC(=O)C2CC(=O)N(Cc3ccco3)C2)cc1. The number of anilines is 1. The number of carbonyl (C=O) groups is 2. The number of nitrogens with one attached hydrogen (secondary N) is 1. The molecule has 2 fully saturated rings. The van der Waals surface area contributed by atoms with Crippen LogP contribution in [-0.4, -0.2) is 40.7 Å². The van der Waals surface area contributed by atoms with Crippen LogP contribution in [0.25, 0.3) is 0 Å². The standard InChI is InChI=1S/C23H29N3O3/c1-17-5-2-3-11-25(17)14-18-7-9-20(10-8-18)24-23(28)19-13-22(27)26(15-19)16-21-6-4-12-29-21/h4,6-10,12,17,19H,2-3,5,11,13-16H2,1H3,(H,24,28). The van der Waals surface area contributed by atoms with E-state index in [1.54, 1.807) is 17.2 Å². The summed E-state index contributed by atoms with van der Waals surface area (Å²) in [5.41, 5.74) is 2.04. The highest BCUT2D eigenvalue weighted by Crippen LogP contribution is 2.23. The summed E-state index contributed by atoms with van der Waals surface area (Å²) in [7, 11) is 0. The van der Waals surface area contributed by atoms with Crippen molar-refractivity contribution in [3.63, 3.8) is 0 Å². The van der Waals surface area contributed by atoms with Crippen LogP contribution in [-0.2, 0) is 22.7 Å². The van der Waals surface area contributed by atoms with Crippen molar-refractivity contribution in [3.05, 3.63) is 54.0 Å². The van der Waals surface area contributed by atoms with Crippen molar-refractivity contribution in [1.29, 1.82) is 0 Å². The molecular weight excluding hydrogens is 366 g/mol. The third kappa shape index (κ3) is 4.88. The topological polar surface area (TPSA) is 65.8 Å². The van der Waals surface area contributed by atoms with Crippen LogP contribution in [0.3, 0.4) is 0 Å². The van der Waals surface area contributed by atoms with Crippen molar-refractivity contribution < 1.29 is 14.0 Å². The summed E-state index contributed by atoms with van der Waals surface area (Å²) in [6.45, 7) is 5.25. The minimum atomic E-state index is -0.327. The molecule has 6 nitrogen and oxygen atoms in total. The van der Waals surface area contributed by atoms with Crippen molar-refractivity contribution in [2.24, 2.45) is 5.92 Å². The lowest BCUT2D eigenvalue weighted by atomic mass is 10.0. The van der Waals surface area contributed by atoms with Crippen molar-refractivity contribution in [2.45, 2.75) is 51.7 Å². The van der Waals surface area contributed by atoms with Crippen LogP contribution < -0.4 is 5.32 Å². The number of hydrogen-bond acceptors (Lipinski definition) is 4. The Morgan fingerprint density at radius 3 is 2.72 bits per heavy atom. The van der Waals surface area contributed by atoms with Gasteiger partial charge in [0.05, 0.1) is 18.7 Å². The van der Waals surface area contributed by atoms with E-state index in [2.05, 4.69) is 29.3 Å². The third-order valence-corrected chi connectivity index (χ3v) is 6.06. The Balaban J connectivity index is 1.30. The summed E-state index contributed by atoms with van der Waals surface area (Å²) >= 11 is 0. The Labute approximate surface area is 171 Å². The zero-order chi connectivity index (χ0) is 20.2. The van der Waals surface area contributed by atoms with E-state index in [-0.39, 0.29) is 24.2 Å². The normalized spacial score (nSPS) is 22.8. The molecule has 29 heavy (non-hydrogen) atoms. The number of carbonyl (C=O) groups excluding carboxylic acids is 2. The maximum atomic E-state index is 12.6. The van der Waals surface area contributed by atoms with Gasteiger partial charge in [0.2, 0.25) is 11.8 Å². The molecule has 0 bridgehead atoms. The van der Waals surface area contributed by atoms with Crippen LogP contribution in [0.5, 0.6) is 0 Å². The van der Waals surface area contributed by atoms with Crippen LogP contribution in [0, 0.1) is 5.92 Å². The van der Waals surface area contributed by atoms with Gasteiger partial charge in [-0.2, -0.15) is 0 Å². The predicted molar refractivity (Wildman–Crippen MR) is 111 cm³/mol. The van der Waals surface area contributed by atoms with Gasteiger partial charge in [-0.1, -0.05) is 18.6 Å². The molecule has 2 aliphatic rings. The number of benzene rings is 1. The molecule has 2 amide bonds. The Bertz CT molecular complexity index is 832. The maximum Gasteiger partial charge on any atom is 0.229 e. The molecule has 0 saturated carbocycles. The van der Waals surface area contributed by atoms with E-state index in [0.717, 1.165) is 24.5 Å². The van der Waals surface area contributed by atoms with E-state index in [9.17, 15) is 9.59 Å². The Morgan fingerprint density at radius 1 is 1.17 bits per heavy atom. The molecule has 3 heterocycles. The summed E-state index contributed by atoms with van der Waals surface area (Å²) in [5, 5.41) is 2.97. The number of likely N-dealkylation sites (tertiary alicyclic amines) is 2. The van der Waals surface area contributed by atoms with E-state index in [1.165, 1.54) is 24.8 Å². The smallest absolute Gasteiger partial charge is 0.229 e. The Hall–Kier alpha value is -2.60. The quantitative estimate of drug-likeness (QED) is 0.811. The third-order valence-electron chi connectivity index (χ3n) is 6.06. The zero-order valence-electron chi connectivity index (χ0n) is 17.0. The summed E-state index contributed by atoms with van der Waals surface area (Å²) in [5.74, 6) is 0.301. The van der Waals surface area contributed by atoms with Crippen LogP contribution in [0.15, 0.2) is 47.1 Å². The van der Waals surface area contributed by atoms with Crippen molar-refractivity contribution >= 4 is 17.5 Å². The second kappa shape index (κ2) is 8.82. The highest BCUT2D eigenvalue weighted by Gasteiger charge is 2.34. The number of amides is 2. The van der Waals surface area contributed by atoms with Gasteiger partial charge in [0, 0.05) is 31.2 Å². The minimum Gasteiger partial charge on any atom is -0.467 e. The Morgan fingerprint density at radius 2 is 2.00 bits per heavy atom. The predicted octanol–water partition coefficient (Wildman–Crippen LogP) is 3.64. The molecule has 2 aromatic rings. The van der Waals surface area contributed by atoms with Gasteiger partial charge in [0.15, 0.2) is 0 Å². The number of hydrogen-bond donors (Lipinski definition) is 1. The van der Waals surface area contributed by atoms with Crippen molar-refractivity contribution in [3.8, 4) is 0 Å². The first-order chi connectivity index (χ1) is 14.1. The van der Waals surface area contributed by atoms with Gasteiger partial charge < -0.3 is 14.6 Å². The van der Waals surface area contributed by atoms with Gasteiger partial charge in [0.25, 0.3) is 0 Å². The molecule has 0 radical (unpaired) electrons. The fraction of sp³-hybridized carbons (Fsp3) is 0.478. The Kier molecular flexibility index (Phi) is 6.00. The van der Waals surface area contributed by atoms with E-state index in [0.29, 0.717) is 19.1 Å². The highest BCUT2D eigenvalue weighted by atomic mass is 16.3. The fourth-order valence-electron chi connectivity index (χ4n) is 4.26. The van der Waals surface area contributed by atoms with E-state index in [4.69, 9.17) is 4.42 Å². The van der Waals surface area contributed by atoms with Gasteiger partial charge >= 0.3 is 0 Å². The summed E-state index contributed by atoms with van der Waals surface area (Å²) in [4.78, 5) is 29.1. The maximum absolute atomic E-state index is 12.6. The number of piperidine rings is 1. The lowest BCUT2D eigenvalue weighted by Gasteiger charge is -2.33. The molecule has 4 rings (SSSR count). The highest BCUT2D eigenvalue weighted by molar-refractivity contribution is 5.97. The zero-order valence-corrected chi connectivity index (χ0v) is 17.0. The molecule has 1 aromatic carbocycles. The van der Waals surface area contributed by atoms with Gasteiger partial charge in [-0.05, 0) is 56.1 Å². The molecule has 2 unspecified atom stereocenters. The second-order valence-corrected chi connectivity index (χ2v) is 8.26. The van der Waals surface area contributed by atoms with Gasteiger partial charge in [-0.15, -0.1) is 0 Å². The minimum absolute atomic E-state index is 0.00690. The fourth-order valence-corrected chi connectivity index (χ4v) is 4.26. The van der Waals surface area contributed by atoms with Crippen LogP contribution >= 0.6 is 0 Å². The van der Waals surface area contributed by atoms with E-state index >= 15 is 0 Å². The van der Waals surface area contributed by atoms with E-state index < -0.39 is 0 Å². The van der Waals surface area contributed by atoms with Crippen molar-refractivity contribution in [2.75, 3.05) is 18.4 Å². The number of rotatable bonds is 6. The van der Waals surface area contributed by atoms with Gasteiger partial charge in [0.1, 0.15) is 5.76 Å². The molecule has 6 heteroatoms. The molecule has 1 aromatic heterocycles. The van der Waals surface area contributed by atoms with Crippen LogP contribution in [0.4, 0.5) is 5.69 Å². The molecule has 2 atom stereocenters. The van der Waals surface area contributed by atoms with Crippen LogP contribution in [0.1, 0.15) is 43.9 Å². The molecule has 0 aliphatic carbocycles. The molecule has 2 aliphatic heterocycles. The first-order valence-electron chi connectivity index (χ1n) is 10.5. The summed E-state index contributed by atoms with van der Waals surface area (Å²) in [6, 6.07) is 12.4. The lowest BCUT2D eigenvalue weighted by molar-refractivity contribution is -0.128. The first-order valence-corrected chi connectivity index (χ1v) is 10.5. The van der Waals surface area contributed by atoms with Gasteiger partial charge in [-0.3, -0.25) is 14.5 Å². The molecule has 1 N–H and O–H groups in total. The average Bonchev–Trinajstić information content (AvgIpc) is 3.36. The number of furan rings is 1. The monoisotopic (exact) mass is 395 g/mol. The average molecular weight is 396 g/mol.